The van der Waals surface area contributed by atoms with Crippen LogP contribution in [0.15, 0.2) is 24.4 Å². The third-order valence-electron chi connectivity index (χ3n) is 3.91. The molecule has 0 aliphatic carbocycles. The Morgan fingerprint density at radius 3 is 2.48 bits per heavy atom. The molecule has 1 saturated heterocycles. The Hall–Kier alpha value is -2.37. The minimum Gasteiger partial charge on any atom is -0.353 e. The van der Waals surface area contributed by atoms with Crippen LogP contribution in [0.2, 0.25) is 0 Å². The van der Waals surface area contributed by atoms with E-state index in [1.165, 1.54) is 0 Å². The summed E-state index contributed by atoms with van der Waals surface area (Å²) in [5.41, 5.74) is 1.48. The molecule has 2 aromatic rings. The molecular formula is C15H19N5O. The first-order chi connectivity index (χ1) is 10.2. The zero-order chi connectivity index (χ0) is 14.8. The van der Waals surface area contributed by atoms with E-state index in [1.807, 2.05) is 38.4 Å². The second-order valence-corrected chi connectivity index (χ2v) is 5.23. The van der Waals surface area contributed by atoms with Crippen molar-refractivity contribution < 1.29 is 4.79 Å². The predicted molar refractivity (Wildman–Crippen MR) is 82.0 cm³/mol. The molecule has 0 saturated carbocycles. The van der Waals surface area contributed by atoms with E-state index in [9.17, 15) is 4.79 Å². The lowest BCUT2D eigenvalue weighted by atomic mass is 10.2. The van der Waals surface area contributed by atoms with Crippen molar-refractivity contribution in [1.82, 2.24) is 14.8 Å². The number of aldehydes is 1. The average Bonchev–Trinajstić information content (AvgIpc) is 2.82. The molecule has 3 heterocycles. The summed E-state index contributed by atoms with van der Waals surface area (Å²) in [5.74, 6) is 1.93. The van der Waals surface area contributed by atoms with Crippen LogP contribution in [-0.2, 0) is 7.05 Å². The van der Waals surface area contributed by atoms with Gasteiger partial charge in [-0.3, -0.25) is 9.48 Å². The van der Waals surface area contributed by atoms with Gasteiger partial charge in [-0.15, -0.1) is 0 Å². The van der Waals surface area contributed by atoms with Crippen LogP contribution in [0.1, 0.15) is 16.1 Å². The molecule has 0 unspecified atom stereocenters. The van der Waals surface area contributed by atoms with E-state index >= 15 is 0 Å². The van der Waals surface area contributed by atoms with Gasteiger partial charge in [0.2, 0.25) is 0 Å². The van der Waals surface area contributed by atoms with E-state index in [0.717, 1.165) is 49.8 Å². The Labute approximate surface area is 124 Å². The Balaban J connectivity index is 1.76. The van der Waals surface area contributed by atoms with Crippen molar-refractivity contribution in [1.29, 1.82) is 0 Å². The Morgan fingerprint density at radius 2 is 1.86 bits per heavy atom. The molecule has 0 N–H and O–H groups in total. The molecule has 6 nitrogen and oxygen atoms in total. The average molecular weight is 285 g/mol. The van der Waals surface area contributed by atoms with Gasteiger partial charge in [0.25, 0.3) is 0 Å². The maximum atomic E-state index is 11.3. The maximum absolute atomic E-state index is 11.3. The number of hydrogen-bond donors (Lipinski definition) is 0. The van der Waals surface area contributed by atoms with Gasteiger partial charge in [0.15, 0.2) is 6.29 Å². The van der Waals surface area contributed by atoms with E-state index in [2.05, 4.69) is 19.9 Å². The van der Waals surface area contributed by atoms with Gasteiger partial charge in [-0.2, -0.15) is 5.10 Å². The highest BCUT2D eigenvalue weighted by Crippen LogP contribution is 2.23. The van der Waals surface area contributed by atoms with Crippen molar-refractivity contribution in [2.75, 3.05) is 36.0 Å². The first kappa shape index (κ1) is 13.6. The van der Waals surface area contributed by atoms with Crippen LogP contribution in [0.25, 0.3) is 0 Å². The third kappa shape index (κ3) is 2.49. The van der Waals surface area contributed by atoms with E-state index in [-0.39, 0.29) is 0 Å². The maximum Gasteiger partial charge on any atom is 0.155 e. The quantitative estimate of drug-likeness (QED) is 0.795. The van der Waals surface area contributed by atoms with Crippen LogP contribution < -0.4 is 9.80 Å². The fourth-order valence-electron chi connectivity index (χ4n) is 2.86. The first-order valence-corrected chi connectivity index (χ1v) is 7.10. The summed E-state index contributed by atoms with van der Waals surface area (Å²) in [6.07, 6.45) is 2.72. The summed E-state index contributed by atoms with van der Waals surface area (Å²) in [5, 5.41) is 4.35. The predicted octanol–water partition coefficient (Wildman–Crippen LogP) is 1.26. The van der Waals surface area contributed by atoms with Gasteiger partial charge >= 0.3 is 0 Å². The lowest BCUT2D eigenvalue weighted by Gasteiger charge is -2.36. The molecule has 0 bridgehead atoms. The number of carbonyl (C=O) groups excluding carboxylic acids is 1. The molecule has 1 fully saturated rings. The zero-order valence-corrected chi connectivity index (χ0v) is 12.4. The van der Waals surface area contributed by atoms with Gasteiger partial charge in [-0.05, 0) is 19.1 Å². The molecule has 0 radical (unpaired) electrons. The summed E-state index contributed by atoms with van der Waals surface area (Å²) in [4.78, 5) is 20.2. The van der Waals surface area contributed by atoms with Crippen LogP contribution in [-0.4, -0.2) is 47.2 Å². The van der Waals surface area contributed by atoms with Crippen LogP contribution >= 0.6 is 0 Å². The monoisotopic (exact) mass is 285 g/mol. The smallest absolute Gasteiger partial charge is 0.155 e. The van der Waals surface area contributed by atoms with Gasteiger partial charge in [0.1, 0.15) is 11.6 Å². The van der Waals surface area contributed by atoms with E-state index in [4.69, 9.17) is 0 Å². The number of hydrogen-bond acceptors (Lipinski definition) is 5. The number of pyridine rings is 1. The van der Waals surface area contributed by atoms with Crippen LogP contribution in [0.4, 0.5) is 11.6 Å². The fraction of sp³-hybridized carbons (Fsp3) is 0.400. The van der Waals surface area contributed by atoms with Gasteiger partial charge in [0.05, 0.1) is 11.3 Å². The second-order valence-electron chi connectivity index (χ2n) is 5.23. The van der Waals surface area contributed by atoms with Gasteiger partial charge in [0, 0.05) is 39.4 Å². The molecule has 0 amide bonds. The van der Waals surface area contributed by atoms with Crippen LogP contribution in [0, 0.1) is 6.92 Å². The molecule has 2 aromatic heterocycles. The number of carbonyl (C=O) groups is 1. The summed E-state index contributed by atoms with van der Waals surface area (Å²) < 4.78 is 1.80. The number of piperazine rings is 1. The van der Waals surface area contributed by atoms with E-state index in [1.54, 1.807) is 4.68 Å². The Bertz CT molecular complexity index is 629. The minimum absolute atomic E-state index is 0.698. The molecule has 0 atom stereocenters. The number of nitrogens with zero attached hydrogens (tertiary/aromatic N) is 5. The lowest BCUT2D eigenvalue weighted by Crippen LogP contribution is -2.47. The first-order valence-electron chi connectivity index (χ1n) is 7.10. The summed E-state index contributed by atoms with van der Waals surface area (Å²) in [6, 6.07) is 5.96. The van der Waals surface area contributed by atoms with Crippen molar-refractivity contribution in [3.63, 3.8) is 0 Å². The van der Waals surface area contributed by atoms with Gasteiger partial charge in [-0.1, -0.05) is 6.07 Å². The number of aryl methyl sites for hydroxylation is 2. The highest BCUT2D eigenvalue weighted by atomic mass is 16.1. The van der Waals surface area contributed by atoms with Crippen LogP contribution in [0.3, 0.4) is 0 Å². The summed E-state index contributed by atoms with van der Waals surface area (Å²) in [6.45, 7) is 5.36. The van der Waals surface area contributed by atoms with Crippen molar-refractivity contribution in [3.8, 4) is 0 Å². The number of anilines is 2. The van der Waals surface area contributed by atoms with Crippen molar-refractivity contribution in [3.05, 3.63) is 35.7 Å². The zero-order valence-electron chi connectivity index (χ0n) is 12.4. The summed E-state index contributed by atoms with van der Waals surface area (Å²) >= 11 is 0. The molecule has 1 aliphatic heterocycles. The fourth-order valence-corrected chi connectivity index (χ4v) is 2.86. The molecule has 3 rings (SSSR count). The molecule has 21 heavy (non-hydrogen) atoms. The Kier molecular flexibility index (Phi) is 3.60. The van der Waals surface area contributed by atoms with Crippen LogP contribution in [0.5, 0.6) is 0 Å². The van der Waals surface area contributed by atoms with Crippen molar-refractivity contribution >= 4 is 17.9 Å². The van der Waals surface area contributed by atoms with Gasteiger partial charge < -0.3 is 9.80 Å². The second kappa shape index (κ2) is 5.55. The minimum atomic E-state index is 0.698. The van der Waals surface area contributed by atoms with E-state index < -0.39 is 0 Å². The largest absolute Gasteiger partial charge is 0.353 e. The SMILES string of the molecule is Cc1nn(C)c(N2CCN(c3ccccn3)CC2)c1C=O. The van der Waals surface area contributed by atoms with Crippen molar-refractivity contribution in [2.45, 2.75) is 6.92 Å². The normalized spacial score (nSPS) is 15.3. The molecular weight excluding hydrogens is 266 g/mol. The lowest BCUT2D eigenvalue weighted by molar-refractivity contribution is 0.112. The molecule has 1 aliphatic rings. The number of aromatic nitrogens is 3. The highest BCUT2D eigenvalue weighted by molar-refractivity contribution is 5.84. The highest BCUT2D eigenvalue weighted by Gasteiger charge is 2.23. The standard InChI is InChI=1S/C15H19N5O/c1-12-13(11-21)15(18(2)17-12)20-9-7-19(8-10-20)14-5-3-4-6-16-14/h3-6,11H,7-10H2,1-2H3. The molecule has 110 valence electrons. The van der Waals surface area contributed by atoms with E-state index in [0.29, 0.717) is 5.56 Å². The van der Waals surface area contributed by atoms with Crippen molar-refractivity contribution in [2.24, 2.45) is 7.05 Å². The van der Waals surface area contributed by atoms with Gasteiger partial charge in [-0.25, -0.2) is 4.98 Å². The molecule has 6 heteroatoms. The number of rotatable bonds is 3. The summed E-state index contributed by atoms with van der Waals surface area (Å²) in [7, 11) is 1.89. The third-order valence-corrected chi connectivity index (χ3v) is 3.91. The molecule has 0 spiro atoms. The molecule has 0 aromatic carbocycles. The Morgan fingerprint density at radius 1 is 1.14 bits per heavy atom. The topological polar surface area (TPSA) is 54.3 Å².